The standard InChI is InChI=1S/C15H15BrN4/c1-9-14(16)10(2)20(19-9)15-12(8-17)7-11-5-3-4-6-13(11)18-15/h7H,3-6H2,1-2H3. The van der Waals surface area contributed by atoms with E-state index in [1.54, 1.807) is 4.68 Å². The van der Waals surface area contributed by atoms with Crippen LogP contribution in [0.15, 0.2) is 10.5 Å². The molecule has 2 heterocycles. The fourth-order valence-corrected chi connectivity index (χ4v) is 2.94. The van der Waals surface area contributed by atoms with E-state index in [2.05, 4.69) is 27.1 Å². The minimum absolute atomic E-state index is 0.601. The van der Waals surface area contributed by atoms with Crippen LogP contribution in [-0.2, 0) is 12.8 Å². The van der Waals surface area contributed by atoms with Gasteiger partial charge >= 0.3 is 0 Å². The van der Waals surface area contributed by atoms with Gasteiger partial charge in [0.05, 0.1) is 21.4 Å². The van der Waals surface area contributed by atoms with Crippen LogP contribution in [0.3, 0.4) is 0 Å². The van der Waals surface area contributed by atoms with Crippen molar-refractivity contribution in [2.75, 3.05) is 0 Å². The molecule has 1 aliphatic rings. The number of pyridine rings is 1. The lowest BCUT2D eigenvalue weighted by atomic mass is 9.95. The fourth-order valence-electron chi connectivity index (χ4n) is 2.70. The quantitative estimate of drug-likeness (QED) is 0.805. The first-order valence-corrected chi connectivity index (χ1v) is 7.56. The van der Waals surface area contributed by atoms with Gasteiger partial charge < -0.3 is 0 Å². The van der Waals surface area contributed by atoms with Crippen LogP contribution in [0, 0.1) is 25.2 Å². The van der Waals surface area contributed by atoms with Crippen LogP contribution in [0.1, 0.15) is 41.1 Å². The summed E-state index contributed by atoms with van der Waals surface area (Å²) in [6.45, 7) is 3.92. The number of fused-ring (bicyclic) bond motifs is 1. The summed E-state index contributed by atoms with van der Waals surface area (Å²) in [5, 5.41) is 13.9. The molecule has 0 amide bonds. The average molecular weight is 331 g/mol. The molecular weight excluding hydrogens is 316 g/mol. The molecule has 3 rings (SSSR count). The molecule has 0 unspecified atom stereocenters. The number of hydrogen-bond donors (Lipinski definition) is 0. The molecule has 2 aromatic rings. The normalized spacial score (nSPS) is 13.9. The molecule has 102 valence electrons. The second kappa shape index (κ2) is 5.02. The van der Waals surface area contributed by atoms with Crippen LogP contribution in [-0.4, -0.2) is 14.8 Å². The Labute approximate surface area is 126 Å². The van der Waals surface area contributed by atoms with Gasteiger partial charge in [0.25, 0.3) is 0 Å². The van der Waals surface area contributed by atoms with Crippen molar-refractivity contribution in [1.82, 2.24) is 14.8 Å². The number of hydrogen-bond acceptors (Lipinski definition) is 3. The van der Waals surface area contributed by atoms with Crippen LogP contribution in [0.5, 0.6) is 0 Å². The highest BCUT2D eigenvalue weighted by Gasteiger charge is 2.19. The number of nitriles is 1. The fraction of sp³-hybridized carbons (Fsp3) is 0.400. The summed E-state index contributed by atoms with van der Waals surface area (Å²) >= 11 is 3.52. The Morgan fingerprint density at radius 3 is 2.70 bits per heavy atom. The first-order chi connectivity index (χ1) is 9.61. The molecule has 0 fully saturated rings. The van der Waals surface area contributed by atoms with Crippen molar-refractivity contribution in [3.8, 4) is 11.9 Å². The van der Waals surface area contributed by atoms with Gasteiger partial charge in [-0.2, -0.15) is 10.4 Å². The number of aromatic nitrogens is 3. The molecule has 0 spiro atoms. The van der Waals surface area contributed by atoms with Gasteiger partial charge in [-0.3, -0.25) is 0 Å². The lowest BCUT2D eigenvalue weighted by Crippen LogP contribution is -2.12. The summed E-state index contributed by atoms with van der Waals surface area (Å²) in [7, 11) is 0. The third kappa shape index (κ3) is 2.04. The third-order valence-electron chi connectivity index (χ3n) is 3.80. The van der Waals surface area contributed by atoms with Crippen molar-refractivity contribution < 1.29 is 0 Å². The Bertz CT molecular complexity index is 724. The van der Waals surface area contributed by atoms with Crippen LogP contribution in [0.25, 0.3) is 5.82 Å². The van der Waals surface area contributed by atoms with Gasteiger partial charge in [-0.25, -0.2) is 9.67 Å². The molecule has 0 atom stereocenters. The average Bonchev–Trinajstić information content (AvgIpc) is 2.73. The predicted molar refractivity (Wildman–Crippen MR) is 79.9 cm³/mol. The Hall–Kier alpha value is -1.67. The van der Waals surface area contributed by atoms with Gasteiger partial charge in [0.2, 0.25) is 0 Å². The van der Waals surface area contributed by atoms with E-state index in [1.807, 2.05) is 19.9 Å². The third-order valence-corrected chi connectivity index (χ3v) is 4.95. The van der Waals surface area contributed by atoms with Gasteiger partial charge in [0.1, 0.15) is 6.07 Å². The smallest absolute Gasteiger partial charge is 0.171 e. The zero-order chi connectivity index (χ0) is 14.3. The Morgan fingerprint density at radius 1 is 1.30 bits per heavy atom. The molecule has 2 aromatic heterocycles. The monoisotopic (exact) mass is 330 g/mol. The van der Waals surface area contributed by atoms with Gasteiger partial charge in [-0.15, -0.1) is 0 Å². The number of rotatable bonds is 1. The molecule has 0 aliphatic heterocycles. The van der Waals surface area contributed by atoms with E-state index in [0.29, 0.717) is 11.4 Å². The zero-order valence-electron chi connectivity index (χ0n) is 11.6. The molecule has 0 N–H and O–H groups in total. The maximum atomic E-state index is 9.41. The number of halogens is 1. The van der Waals surface area contributed by atoms with E-state index < -0.39 is 0 Å². The van der Waals surface area contributed by atoms with E-state index in [9.17, 15) is 5.26 Å². The van der Waals surface area contributed by atoms with Gasteiger partial charge in [-0.1, -0.05) is 0 Å². The highest BCUT2D eigenvalue weighted by molar-refractivity contribution is 9.10. The summed E-state index contributed by atoms with van der Waals surface area (Å²) in [4.78, 5) is 4.73. The molecule has 0 aromatic carbocycles. The van der Waals surface area contributed by atoms with Crippen LogP contribution >= 0.6 is 15.9 Å². The number of nitrogens with zero attached hydrogens (tertiary/aromatic N) is 4. The molecule has 0 bridgehead atoms. The molecule has 20 heavy (non-hydrogen) atoms. The molecule has 5 heteroatoms. The topological polar surface area (TPSA) is 54.5 Å². The highest BCUT2D eigenvalue weighted by Crippen LogP contribution is 2.27. The Morgan fingerprint density at radius 2 is 2.05 bits per heavy atom. The first-order valence-electron chi connectivity index (χ1n) is 6.77. The summed E-state index contributed by atoms with van der Waals surface area (Å²) in [5.74, 6) is 0.652. The van der Waals surface area contributed by atoms with Crippen LogP contribution < -0.4 is 0 Å². The van der Waals surface area contributed by atoms with E-state index >= 15 is 0 Å². The first kappa shape index (κ1) is 13.3. The Balaban J connectivity index is 2.22. The maximum absolute atomic E-state index is 9.41. The van der Waals surface area contributed by atoms with Gasteiger partial charge in [0, 0.05) is 5.69 Å². The van der Waals surface area contributed by atoms with Crippen molar-refractivity contribution >= 4 is 15.9 Å². The second-order valence-electron chi connectivity index (χ2n) is 5.18. The highest BCUT2D eigenvalue weighted by atomic mass is 79.9. The Kier molecular flexibility index (Phi) is 3.35. The van der Waals surface area contributed by atoms with E-state index in [1.165, 1.54) is 18.4 Å². The summed E-state index contributed by atoms with van der Waals surface area (Å²) < 4.78 is 2.74. The minimum atomic E-state index is 0.601. The minimum Gasteiger partial charge on any atom is -0.232 e. The predicted octanol–water partition coefficient (Wildman–Crippen LogP) is 3.40. The largest absolute Gasteiger partial charge is 0.232 e. The van der Waals surface area contributed by atoms with Gasteiger partial charge in [0.15, 0.2) is 5.82 Å². The SMILES string of the molecule is Cc1nn(-c2nc3c(cc2C#N)CCCC3)c(C)c1Br. The number of aryl methyl sites for hydroxylation is 3. The molecule has 0 saturated carbocycles. The van der Waals surface area contributed by atoms with E-state index in [0.717, 1.165) is 34.4 Å². The van der Waals surface area contributed by atoms with Crippen molar-refractivity contribution in [3.63, 3.8) is 0 Å². The van der Waals surface area contributed by atoms with Crippen molar-refractivity contribution in [1.29, 1.82) is 5.26 Å². The second-order valence-corrected chi connectivity index (χ2v) is 5.97. The molecule has 0 radical (unpaired) electrons. The van der Waals surface area contributed by atoms with Crippen molar-refractivity contribution in [3.05, 3.63) is 38.7 Å². The van der Waals surface area contributed by atoms with Crippen molar-refractivity contribution in [2.45, 2.75) is 39.5 Å². The lowest BCUT2D eigenvalue weighted by molar-refractivity contribution is 0.660. The van der Waals surface area contributed by atoms with E-state index in [-0.39, 0.29) is 0 Å². The van der Waals surface area contributed by atoms with Crippen LogP contribution in [0.2, 0.25) is 0 Å². The van der Waals surface area contributed by atoms with Gasteiger partial charge in [-0.05, 0) is 67.1 Å². The maximum Gasteiger partial charge on any atom is 0.171 e. The summed E-state index contributed by atoms with van der Waals surface area (Å²) in [5.41, 5.74) is 4.82. The zero-order valence-corrected chi connectivity index (χ0v) is 13.2. The van der Waals surface area contributed by atoms with Crippen LogP contribution in [0.4, 0.5) is 0 Å². The molecule has 4 nitrogen and oxygen atoms in total. The van der Waals surface area contributed by atoms with E-state index in [4.69, 9.17) is 4.98 Å². The molecule has 1 aliphatic carbocycles. The molecule has 0 saturated heterocycles. The summed E-state index contributed by atoms with van der Waals surface area (Å²) in [6.07, 6.45) is 4.38. The van der Waals surface area contributed by atoms with Crippen molar-refractivity contribution in [2.24, 2.45) is 0 Å². The molecular formula is C15H15BrN4. The summed E-state index contributed by atoms with van der Waals surface area (Å²) in [6, 6.07) is 4.25. The lowest BCUT2D eigenvalue weighted by Gasteiger charge is -2.17.